The summed E-state index contributed by atoms with van der Waals surface area (Å²) in [5.41, 5.74) is 0. The van der Waals surface area contributed by atoms with Crippen LogP contribution >= 0.6 is 0 Å². The molecule has 1 aromatic rings. The molecule has 0 aliphatic heterocycles. The van der Waals surface area contributed by atoms with E-state index in [1.165, 1.54) is 6.92 Å². The van der Waals surface area contributed by atoms with E-state index in [4.69, 9.17) is 4.74 Å². The van der Waals surface area contributed by atoms with Gasteiger partial charge in [0.25, 0.3) is 0 Å². The second kappa shape index (κ2) is 8.18. The maximum absolute atomic E-state index is 12.0. The molecule has 7 nitrogen and oxygen atoms in total. The summed E-state index contributed by atoms with van der Waals surface area (Å²) in [5, 5.41) is 5.36. The Kier molecular flexibility index (Phi) is 6.58. The predicted octanol–water partition coefficient (Wildman–Crippen LogP) is 0.441. The summed E-state index contributed by atoms with van der Waals surface area (Å²) in [6.07, 6.45) is 3.16. The average molecular weight is 294 g/mol. The molecule has 0 radical (unpaired) electrons. The Bertz CT molecular complexity index is 474. The molecular weight excluding hydrogens is 272 g/mol. The van der Waals surface area contributed by atoms with Crippen LogP contribution in [0.2, 0.25) is 0 Å². The van der Waals surface area contributed by atoms with E-state index in [9.17, 15) is 9.59 Å². The van der Waals surface area contributed by atoms with Gasteiger partial charge in [-0.2, -0.15) is 0 Å². The predicted molar refractivity (Wildman–Crippen MR) is 77.7 cm³/mol. The Morgan fingerprint density at radius 3 is 2.43 bits per heavy atom. The first-order chi connectivity index (χ1) is 9.90. The molecule has 0 aromatic carbocycles. The first-order valence-corrected chi connectivity index (χ1v) is 6.86. The molecule has 0 bridgehead atoms. The lowest BCUT2D eigenvalue weighted by molar-refractivity contribution is -0.129. The number of nitrogens with zero attached hydrogens (tertiary/aromatic N) is 2. The van der Waals surface area contributed by atoms with Crippen LogP contribution in [0.15, 0.2) is 12.4 Å². The molecule has 1 aromatic heterocycles. The summed E-state index contributed by atoms with van der Waals surface area (Å²) in [6, 6.07) is -0.537. The number of hydrogen-bond acceptors (Lipinski definition) is 5. The Labute approximate surface area is 124 Å². The highest BCUT2D eigenvalue weighted by atomic mass is 16.5. The Hall–Kier alpha value is -2.18. The molecule has 7 heteroatoms. The largest absolute Gasteiger partial charge is 0.489 e. The number of aryl methyl sites for hydroxylation is 1. The van der Waals surface area contributed by atoms with Gasteiger partial charge in [0.05, 0.1) is 18.9 Å². The average Bonchev–Trinajstić information content (AvgIpc) is 2.42. The summed E-state index contributed by atoms with van der Waals surface area (Å²) in [6.45, 7) is 7.58. The van der Waals surface area contributed by atoms with Crippen LogP contribution in [0, 0.1) is 12.8 Å². The number of nitrogens with one attached hydrogen (secondary N) is 2. The molecule has 21 heavy (non-hydrogen) atoms. The molecule has 1 rings (SSSR count). The first kappa shape index (κ1) is 16.9. The van der Waals surface area contributed by atoms with Crippen LogP contribution in [0.4, 0.5) is 0 Å². The highest BCUT2D eigenvalue weighted by Crippen LogP contribution is 2.05. The van der Waals surface area contributed by atoms with Gasteiger partial charge in [0, 0.05) is 6.92 Å². The highest BCUT2D eigenvalue weighted by molar-refractivity contribution is 5.86. The Morgan fingerprint density at radius 1 is 1.29 bits per heavy atom. The van der Waals surface area contributed by atoms with Crippen LogP contribution in [-0.4, -0.2) is 41.0 Å². The molecule has 0 fully saturated rings. The minimum Gasteiger partial charge on any atom is -0.489 e. The lowest BCUT2D eigenvalue weighted by Gasteiger charge is -2.20. The molecule has 0 unspecified atom stereocenters. The topological polar surface area (TPSA) is 93.2 Å². The molecule has 2 amide bonds. The quantitative estimate of drug-likeness (QED) is 0.712. The lowest BCUT2D eigenvalue weighted by atomic mass is 10.0. The lowest BCUT2D eigenvalue weighted by Crippen LogP contribution is -2.49. The van der Waals surface area contributed by atoms with E-state index >= 15 is 0 Å². The van der Waals surface area contributed by atoms with Crippen LogP contribution in [0.5, 0.6) is 5.75 Å². The van der Waals surface area contributed by atoms with Crippen LogP contribution in [0.3, 0.4) is 0 Å². The number of carbonyl (C=O) groups excluding carboxylic acids is 2. The van der Waals surface area contributed by atoms with E-state index in [2.05, 4.69) is 20.6 Å². The molecule has 0 saturated carbocycles. The van der Waals surface area contributed by atoms with Gasteiger partial charge in [0.1, 0.15) is 18.5 Å². The van der Waals surface area contributed by atoms with E-state index in [0.717, 1.165) is 0 Å². The summed E-state index contributed by atoms with van der Waals surface area (Å²) in [7, 11) is 0. The van der Waals surface area contributed by atoms with Gasteiger partial charge >= 0.3 is 0 Å². The number of aromatic nitrogens is 2. The summed E-state index contributed by atoms with van der Waals surface area (Å²) >= 11 is 0. The second-order valence-corrected chi connectivity index (χ2v) is 5.03. The SMILES string of the molecule is CC(=O)N[C@H](C(=O)NCCOc1cnc(C)nc1)C(C)C. The van der Waals surface area contributed by atoms with Crippen molar-refractivity contribution in [2.45, 2.75) is 33.7 Å². The van der Waals surface area contributed by atoms with Gasteiger partial charge < -0.3 is 15.4 Å². The van der Waals surface area contributed by atoms with Gasteiger partial charge in [0.2, 0.25) is 11.8 Å². The fraction of sp³-hybridized carbons (Fsp3) is 0.571. The number of carbonyl (C=O) groups is 2. The van der Waals surface area contributed by atoms with Crippen LogP contribution in [0.25, 0.3) is 0 Å². The fourth-order valence-electron chi connectivity index (χ4n) is 1.66. The minimum absolute atomic E-state index is 0.0142. The third-order valence-corrected chi connectivity index (χ3v) is 2.74. The molecule has 1 atom stereocenters. The second-order valence-electron chi connectivity index (χ2n) is 5.03. The maximum atomic E-state index is 12.0. The van der Waals surface area contributed by atoms with Gasteiger partial charge in [-0.1, -0.05) is 13.8 Å². The smallest absolute Gasteiger partial charge is 0.242 e. The van der Waals surface area contributed by atoms with Crippen molar-refractivity contribution < 1.29 is 14.3 Å². The summed E-state index contributed by atoms with van der Waals surface area (Å²) in [5.74, 6) is 0.795. The number of ether oxygens (including phenoxy) is 1. The fourth-order valence-corrected chi connectivity index (χ4v) is 1.66. The monoisotopic (exact) mass is 294 g/mol. The molecule has 2 N–H and O–H groups in total. The van der Waals surface area contributed by atoms with Crippen molar-refractivity contribution in [2.75, 3.05) is 13.2 Å². The van der Waals surface area contributed by atoms with E-state index in [1.54, 1.807) is 19.3 Å². The van der Waals surface area contributed by atoms with Crippen molar-refractivity contribution in [3.05, 3.63) is 18.2 Å². The number of amides is 2. The molecule has 0 aliphatic rings. The zero-order valence-electron chi connectivity index (χ0n) is 12.8. The van der Waals surface area contributed by atoms with Crippen molar-refractivity contribution in [3.8, 4) is 5.75 Å². The van der Waals surface area contributed by atoms with Gasteiger partial charge in [0.15, 0.2) is 5.75 Å². The number of rotatable bonds is 7. The molecular formula is C14H22N4O3. The molecule has 0 spiro atoms. The molecule has 116 valence electrons. The van der Waals surface area contributed by atoms with Crippen molar-refractivity contribution in [3.63, 3.8) is 0 Å². The molecule has 0 saturated heterocycles. The zero-order chi connectivity index (χ0) is 15.8. The number of hydrogen-bond donors (Lipinski definition) is 2. The van der Waals surface area contributed by atoms with Gasteiger partial charge in [-0.25, -0.2) is 9.97 Å². The van der Waals surface area contributed by atoms with Gasteiger partial charge in [-0.05, 0) is 12.8 Å². The van der Waals surface area contributed by atoms with Crippen molar-refractivity contribution in [2.24, 2.45) is 5.92 Å². The van der Waals surface area contributed by atoms with Crippen LogP contribution in [0.1, 0.15) is 26.6 Å². The van der Waals surface area contributed by atoms with E-state index < -0.39 is 6.04 Å². The highest BCUT2D eigenvalue weighted by Gasteiger charge is 2.22. The molecule has 0 aliphatic carbocycles. The van der Waals surface area contributed by atoms with E-state index in [0.29, 0.717) is 24.7 Å². The van der Waals surface area contributed by atoms with Crippen LogP contribution in [-0.2, 0) is 9.59 Å². The van der Waals surface area contributed by atoms with Crippen LogP contribution < -0.4 is 15.4 Å². The summed E-state index contributed by atoms with van der Waals surface area (Å²) < 4.78 is 5.41. The third-order valence-electron chi connectivity index (χ3n) is 2.74. The minimum atomic E-state index is -0.537. The van der Waals surface area contributed by atoms with Gasteiger partial charge in [-0.15, -0.1) is 0 Å². The normalized spacial score (nSPS) is 11.9. The third kappa shape index (κ3) is 6.20. The van der Waals surface area contributed by atoms with Crippen molar-refractivity contribution in [1.29, 1.82) is 0 Å². The van der Waals surface area contributed by atoms with Crippen molar-refractivity contribution >= 4 is 11.8 Å². The van der Waals surface area contributed by atoms with Gasteiger partial charge in [-0.3, -0.25) is 9.59 Å². The zero-order valence-corrected chi connectivity index (χ0v) is 12.8. The Morgan fingerprint density at radius 2 is 1.90 bits per heavy atom. The first-order valence-electron chi connectivity index (χ1n) is 6.86. The van der Waals surface area contributed by atoms with Crippen molar-refractivity contribution in [1.82, 2.24) is 20.6 Å². The standard InChI is InChI=1S/C14H22N4O3/c1-9(2)13(18-11(4)19)14(20)15-5-6-21-12-7-16-10(3)17-8-12/h7-9,13H,5-6H2,1-4H3,(H,15,20)(H,18,19)/t13-/m0/s1. The Balaban J connectivity index is 2.34. The van der Waals surface area contributed by atoms with E-state index in [-0.39, 0.29) is 17.7 Å². The maximum Gasteiger partial charge on any atom is 0.242 e. The molecule has 1 heterocycles. The van der Waals surface area contributed by atoms with E-state index in [1.807, 2.05) is 13.8 Å². The summed E-state index contributed by atoms with van der Waals surface area (Å²) in [4.78, 5) is 31.1.